The summed E-state index contributed by atoms with van der Waals surface area (Å²) in [5.41, 5.74) is 2.07. The normalized spacial score (nSPS) is 11.3. The van der Waals surface area contributed by atoms with Crippen molar-refractivity contribution in [2.24, 2.45) is 0 Å². The number of hydrogen-bond acceptors (Lipinski definition) is 3. The van der Waals surface area contributed by atoms with Crippen molar-refractivity contribution in [3.63, 3.8) is 0 Å². The van der Waals surface area contributed by atoms with Crippen LogP contribution in [0.4, 0.5) is 0 Å². The topological polar surface area (TPSA) is 42.7 Å². The fraction of sp³-hybridized carbons (Fsp3) is 0.500. The van der Waals surface area contributed by atoms with Gasteiger partial charge < -0.3 is 5.32 Å². The Bertz CT molecular complexity index is 604. The zero-order valence-electron chi connectivity index (χ0n) is 13.2. The first kappa shape index (κ1) is 16.0. The van der Waals surface area contributed by atoms with E-state index in [0.717, 1.165) is 36.7 Å². The first-order valence-electron chi connectivity index (χ1n) is 7.52. The van der Waals surface area contributed by atoms with Gasteiger partial charge in [0.2, 0.25) is 0 Å². The average Bonchev–Trinajstić information content (AvgIpc) is 2.88. The van der Waals surface area contributed by atoms with Crippen LogP contribution in [0.25, 0.3) is 5.69 Å². The second-order valence-corrected chi connectivity index (χ2v) is 5.79. The smallest absolute Gasteiger partial charge is 0.151 e. The van der Waals surface area contributed by atoms with Crippen molar-refractivity contribution in [2.75, 3.05) is 0 Å². The minimum Gasteiger partial charge on any atom is -0.310 e. The molecular formula is C16H23ClN4. The van der Waals surface area contributed by atoms with E-state index in [-0.39, 0.29) is 0 Å². The van der Waals surface area contributed by atoms with Gasteiger partial charge in [0.25, 0.3) is 0 Å². The Morgan fingerprint density at radius 1 is 1.24 bits per heavy atom. The fourth-order valence-electron chi connectivity index (χ4n) is 2.12. The third-order valence-corrected chi connectivity index (χ3v) is 3.61. The first-order chi connectivity index (χ1) is 10.0. The summed E-state index contributed by atoms with van der Waals surface area (Å²) in [7, 11) is 0. The predicted octanol–water partition coefficient (Wildman–Crippen LogP) is 3.54. The summed E-state index contributed by atoms with van der Waals surface area (Å²) in [4.78, 5) is 4.53. The Morgan fingerprint density at radius 3 is 2.57 bits per heavy atom. The number of hydrogen-bond donors (Lipinski definition) is 1. The largest absolute Gasteiger partial charge is 0.310 e. The highest BCUT2D eigenvalue weighted by molar-refractivity contribution is 6.32. The summed E-state index contributed by atoms with van der Waals surface area (Å²) >= 11 is 6.44. The second-order valence-electron chi connectivity index (χ2n) is 5.38. The number of benzene rings is 1. The van der Waals surface area contributed by atoms with Crippen molar-refractivity contribution < 1.29 is 0 Å². The van der Waals surface area contributed by atoms with Gasteiger partial charge in [0.15, 0.2) is 5.82 Å². The zero-order valence-corrected chi connectivity index (χ0v) is 13.9. The van der Waals surface area contributed by atoms with E-state index in [4.69, 9.17) is 11.6 Å². The van der Waals surface area contributed by atoms with Crippen molar-refractivity contribution in [3.05, 3.63) is 40.4 Å². The summed E-state index contributed by atoms with van der Waals surface area (Å²) < 4.78 is 1.86. The van der Waals surface area contributed by atoms with Crippen LogP contribution in [0.2, 0.25) is 5.02 Å². The molecule has 2 rings (SSSR count). The van der Waals surface area contributed by atoms with E-state index < -0.39 is 0 Å². The first-order valence-corrected chi connectivity index (χ1v) is 7.89. The Kier molecular flexibility index (Phi) is 5.37. The summed E-state index contributed by atoms with van der Waals surface area (Å²) in [5.74, 6) is 1.80. The number of rotatable bonds is 6. The number of nitrogens with one attached hydrogen (secondary N) is 1. The SMILES string of the molecule is CCc1nc(CC)n(-c2ccc(CNC(C)C)cc2Cl)n1. The molecule has 0 aliphatic carbocycles. The van der Waals surface area contributed by atoms with Gasteiger partial charge in [0.1, 0.15) is 5.82 Å². The molecule has 0 saturated heterocycles. The van der Waals surface area contributed by atoms with Crippen LogP contribution in [0, 0.1) is 0 Å². The molecule has 0 fully saturated rings. The van der Waals surface area contributed by atoms with Gasteiger partial charge in [-0.3, -0.25) is 0 Å². The lowest BCUT2D eigenvalue weighted by atomic mass is 10.2. The molecule has 0 bridgehead atoms. The maximum Gasteiger partial charge on any atom is 0.151 e. The lowest BCUT2D eigenvalue weighted by Crippen LogP contribution is -2.21. The van der Waals surface area contributed by atoms with E-state index >= 15 is 0 Å². The van der Waals surface area contributed by atoms with Crippen LogP contribution < -0.4 is 5.32 Å². The number of halogens is 1. The Balaban J connectivity index is 2.30. The van der Waals surface area contributed by atoms with Gasteiger partial charge in [-0.1, -0.05) is 45.4 Å². The van der Waals surface area contributed by atoms with E-state index in [1.807, 2.05) is 16.8 Å². The molecule has 0 unspecified atom stereocenters. The van der Waals surface area contributed by atoms with Gasteiger partial charge in [0, 0.05) is 25.4 Å². The minimum atomic E-state index is 0.456. The molecule has 0 radical (unpaired) electrons. The van der Waals surface area contributed by atoms with Gasteiger partial charge in [-0.25, -0.2) is 9.67 Å². The molecule has 2 aromatic rings. The maximum absolute atomic E-state index is 6.44. The molecule has 0 amide bonds. The molecule has 1 aromatic carbocycles. The third-order valence-electron chi connectivity index (χ3n) is 3.31. The summed E-state index contributed by atoms with van der Waals surface area (Å²) in [6.45, 7) is 9.21. The van der Waals surface area contributed by atoms with Crippen LogP contribution in [0.1, 0.15) is 44.9 Å². The molecule has 0 aliphatic heterocycles. The second kappa shape index (κ2) is 7.05. The minimum absolute atomic E-state index is 0.456. The fourth-order valence-corrected chi connectivity index (χ4v) is 2.40. The molecule has 1 heterocycles. The quantitative estimate of drug-likeness (QED) is 0.887. The molecule has 1 N–H and O–H groups in total. The van der Waals surface area contributed by atoms with Gasteiger partial charge in [-0.05, 0) is 17.7 Å². The number of nitrogens with zero attached hydrogens (tertiary/aromatic N) is 3. The lowest BCUT2D eigenvalue weighted by Gasteiger charge is -2.11. The number of aryl methyl sites for hydroxylation is 2. The highest BCUT2D eigenvalue weighted by atomic mass is 35.5. The highest BCUT2D eigenvalue weighted by Gasteiger charge is 2.12. The van der Waals surface area contributed by atoms with Crippen molar-refractivity contribution in [1.82, 2.24) is 20.1 Å². The van der Waals surface area contributed by atoms with Crippen molar-refractivity contribution in [3.8, 4) is 5.69 Å². The van der Waals surface area contributed by atoms with Crippen LogP contribution >= 0.6 is 11.6 Å². The molecule has 0 saturated carbocycles. The van der Waals surface area contributed by atoms with Crippen molar-refractivity contribution in [2.45, 2.75) is 53.1 Å². The van der Waals surface area contributed by atoms with Crippen molar-refractivity contribution >= 4 is 11.6 Å². The molecule has 4 nitrogen and oxygen atoms in total. The van der Waals surface area contributed by atoms with Gasteiger partial charge in [-0.2, -0.15) is 5.10 Å². The molecule has 0 atom stereocenters. The molecule has 0 aliphatic rings. The van der Waals surface area contributed by atoms with Gasteiger partial charge >= 0.3 is 0 Å². The number of aromatic nitrogens is 3. The summed E-state index contributed by atoms with van der Waals surface area (Å²) in [6.07, 6.45) is 1.66. The Hall–Kier alpha value is -1.39. The Labute approximate surface area is 131 Å². The van der Waals surface area contributed by atoms with Crippen LogP contribution in [0.5, 0.6) is 0 Å². The van der Waals surface area contributed by atoms with Gasteiger partial charge in [0.05, 0.1) is 10.7 Å². The van der Waals surface area contributed by atoms with E-state index in [1.165, 1.54) is 5.56 Å². The van der Waals surface area contributed by atoms with Crippen LogP contribution in [0.15, 0.2) is 18.2 Å². The lowest BCUT2D eigenvalue weighted by molar-refractivity contribution is 0.589. The van der Waals surface area contributed by atoms with E-state index in [9.17, 15) is 0 Å². The highest BCUT2D eigenvalue weighted by Crippen LogP contribution is 2.23. The zero-order chi connectivity index (χ0) is 15.4. The van der Waals surface area contributed by atoms with E-state index in [0.29, 0.717) is 11.1 Å². The van der Waals surface area contributed by atoms with Crippen LogP contribution in [-0.4, -0.2) is 20.8 Å². The van der Waals surface area contributed by atoms with Gasteiger partial charge in [-0.15, -0.1) is 0 Å². The molecule has 0 spiro atoms. The molecule has 21 heavy (non-hydrogen) atoms. The monoisotopic (exact) mass is 306 g/mol. The van der Waals surface area contributed by atoms with Crippen LogP contribution in [0.3, 0.4) is 0 Å². The van der Waals surface area contributed by atoms with Crippen LogP contribution in [-0.2, 0) is 19.4 Å². The molecule has 114 valence electrons. The Morgan fingerprint density at radius 2 is 2.00 bits per heavy atom. The molecule has 1 aromatic heterocycles. The predicted molar refractivity (Wildman–Crippen MR) is 87.1 cm³/mol. The molecular weight excluding hydrogens is 284 g/mol. The molecule has 5 heteroatoms. The van der Waals surface area contributed by atoms with Crippen molar-refractivity contribution in [1.29, 1.82) is 0 Å². The summed E-state index contributed by atoms with van der Waals surface area (Å²) in [5, 5.41) is 8.64. The summed E-state index contributed by atoms with van der Waals surface area (Å²) in [6, 6.07) is 6.56. The average molecular weight is 307 g/mol. The standard InChI is InChI=1S/C16H23ClN4/c1-5-15-19-16(6-2)21(20-15)14-8-7-12(9-13(14)17)10-18-11(3)4/h7-9,11,18H,5-6,10H2,1-4H3. The third kappa shape index (κ3) is 3.83. The maximum atomic E-state index is 6.44. The van der Waals surface area contributed by atoms with E-state index in [2.05, 4.69) is 49.2 Å². The van der Waals surface area contributed by atoms with E-state index in [1.54, 1.807) is 0 Å².